The Balaban J connectivity index is 1.70. The lowest BCUT2D eigenvalue weighted by molar-refractivity contribution is 0.106. The molecule has 0 aliphatic carbocycles. The van der Waals surface area contributed by atoms with Crippen molar-refractivity contribution < 1.29 is 9.47 Å². The maximum absolute atomic E-state index is 5.94. The molecular formula is C18H29NO2. The van der Waals surface area contributed by atoms with Gasteiger partial charge in [0.25, 0.3) is 0 Å². The van der Waals surface area contributed by atoms with Gasteiger partial charge in [-0.2, -0.15) is 0 Å². The van der Waals surface area contributed by atoms with Crippen LogP contribution in [-0.2, 0) is 4.74 Å². The van der Waals surface area contributed by atoms with E-state index in [-0.39, 0.29) is 6.10 Å². The quantitative estimate of drug-likeness (QED) is 0.791. The zero-order valence-corrected chi connectivity index (χ0v) is 13.6. The minimum Gasteiger partial charge on any atom is -0.489 e. The molecule has 3 unspecified atom stereocenters. The lowest BCUT2D eigenvalue weighted by atomic mass is 9.99. The van der Waals surface area contributed by atoms with E-state index in [9.17, 15) is 0 Å². The van der Waals surface area contributed by atoms with Gasteiger partial charge in [0.15, 0.2) is 0 Å². The summed E-state index contributed by atoms with van der Waals surface area (Å²) in [5.74, 6) is 1.57. The van der Waals surface area contributed by atoms with Gasteiger partial charge in [0.1, 0.15) is 11.9 Å². The van der Waals surface area contributed by atoms with Gasteiger partial charge in [-0.15, -0.1) is 0 Å². The van der Waals surface area contributed by atoms with Gasteiger partial charge >= 0.3 is 0 Å². The summed E-state index contributed by atoms with van der Waals surface area (Å²) in [4.78, 5) is 0. The summed E-state index contributed by atoms with van der Waals surface area (Å²) < 4.78 is 11.5. The molecule has 1 aliphatic rings. The molecule has 3 atom stereocenters. The fourth-order valence-corrected chi connectivity index (χ4v) is 2.64. The van der Waals surface area contributed by atoms with Crippen LogP contribution < -0.4 is 10.1 Å². The van der Waals surface area contributed by atoms with Gasteiger partial charge in [-0.3, -0.25) is 0 Å². The molecule has 0 amide bonds. The Hall–Kier alpha value is -1.06. The van der Waals surface area contributed by atoms with E-state index in [0.29, 0.717) is 12.0 Å². The average molecular weight is 291 g/mol. The van der Waals surface area contributed by atoms with Gasteiger partial charge in [0, 0.05) is 19.7 Å². The summed E-state index contributed by atoms with van der Waals surface area (Å²) in [6.45, 7) is 9.28. The number of rotatable bonds is 8. The van der Waals surface area contributed by atoms with Gasteiger partial charge in [-0.05, 0) is 49.8 Å². The summed E-state index contributed by atoms with van der Waals surface area (Å²) >= 11 is 0. The van der Waals surface area contributed by atoms with Crippen molar-refractivity contribution in [2.75, 3.05) is 19.7 Å². The Morgan fingerprint density at radius 3 is 2.67 bits per heavy atom. The first kappa shape index (κ1) is 16.3. The predicted molar refractivity (Wildman–Crippen MR) is 87.1 cm³/mol. The Morgan fingerprint density at radius 1 is 1.29 bits per heavy atom. The largest absolute Gasteiger partial charge is 0.489 e. The van der Waals surface area contributed by atoms with Gasteiger partial charge in [0.05, 0.1) is 6.10 Å². The Bertz CT molecular complexity index is 398. The molecule has 1 aliphatic heterocycles. The molecule has 0 spiro atoms. The third-order valence-corrected chi connectivity index (χ3v) is 4.23. The van der Waals surface area contributed by atoms with E-state index in [2.05, 4.69) is 50.4 Å². The first-order chi connectivity index (χ1) is 10.2. The second kappa shape index (κ2) is 8.40. The van der Waals surface area contributed by atoms with Crippen molar-refractivity contribution in [2.45, 2.75) is 58.2 Å². The van der Waals surface area contributed by atoms with Crippen LogP contribution in [0.2, 0.25) is 0 Å². The van der Waals surface area contributed by atoms with Crippen LogP contribution in [-0.4, -0.2) is 31.9 Å². The van der Waals surface area contributed by atoms with Crippen molar-refractivity contribution >= 4 is 0 Å². The molecular weight excluding hydrogens is 262 g/mol. The normalized spacial score (nSPS) is 21.2. The summed E-state index contributed by atoms with van der Waals surface area (Å²) in [7, 11) is 0. The number of ether oxygens (including phenoxy) is 2. The second-order valence-corrected chi connectivity index (χ2v) is 6.10. The Kier molecular flexibility index (Phi) is 6.52. The van der Waals surface area contributed by atoms with E-state index in [1.54, 1.807) is 0 Å². The first-order valence-electron chi connectivity index (χ1n) is 8.28. The number of benzene rings is 1. The SMILES string of the molecule is CCC(C)c1ccc(OC(C)CNCC2CCCO2)cc1. The van der Waals surface area contributed by atoms with E-state index < -0.39 is 0 Å². The monoisotopic (exact) mass is 291 g/mol. The van der Waals surface area contributed by atoms with Crippen LogP contribution in [0.3, 0.4) is 0 Å². The third-order valence-electron chi connectivity index (χ3n) is 4.23. The standard InChI is InChI=1S/C18H29NO2/c1-4-14(2)16-7-9-17(10-8-16)21-15(3)12-19-13-18-6-5-11-20-18/h7-10,14-15,18-19H,4-6,11-13H2,1-3H3. The lowest BCUT2D eigenvalue weighted by Gasteiger charge is -2.18. The molecule has 1 N–H and O–H groups in total. The minimum absolute atomic E-state index is 0.167. The van der Waals surface area contributed by atoms with Crippen LogP contribution in [0, 0.1) is 0 Å². The highest BCUT2D eigenvalue weighted by atomic mass is 16.5. The molecule has 3 nitrogen and oxygen atoms in total. The van der Waals surface area contributed by atoms with Crippen LogP contribution in [0.25, 0.3) is 0 Å². The molecule has 1 heterocycles. The number of hydrogen-bond donors (Lipinski definition) is 1. The van der Waals surface area contributed by atoms with Crippen molar-refractivity contribution in [3.05, 3.63) is 29.8 Å². The number of nitrogens with one attached hydrogen (secondary N) is 1. The summed E-state index contributed by atoms with van der Waals surface area (Å²) in [6.07, 6.45) is 4.11. The van der Waals surface area contributed by atoms with E-state index in [0.717, 1.165) is 25.4 Å². The van der Waals surface area contributed by atoms with Crippen LogP contribution in [0.4, 0.5) is 0 Å². The smallest absolute Gasteiger partial charge is 0.119 e. The van der Waals surface area contributed by atoms with Gasteiger partial charge < -0.3 is 14.8 Å². The second-order valence-electron chi connectivity index (χ2n) is 6.10. The zero-order valence-electron chi connectivity index (χ0n) is 13.6. The molecule has 21 heavy (non-hydrogen) atoms. The Labute approximate surface area is 129 Å². The van der Waals surface area contributed by atoms with Crippen LogP contribution in [0.1, 0.15) is 51.5 Å². The summed E-state index contributed by atoms with van der Waals surface area (Å²) in [6, 6.07) is 8.52. The van der Waals surface area contributed by atoms with Gasteiger partial charge in [0.2, 0.25) is 0 Å². The molecule has 0 radical (unpaired) electrons. The first-order valence-corrected chi connectivity index (χ1v) is 8.28. The van der Waals surface area contributed by atoms with E-state index in [4.69, 9.17) is 9.47 Å². The molecule has 1 saturated heterocycles. The van der Waals surface area contributed by atoms with Crippen LogP contribution >= 0.6 is 0 Å². The van der Waals surface area contributed by atoms with E-state index in [1.165, 1.54) is 24.8 Å². The van der Waals surface area contributed by atoms with Crippen LogP contribution in [0.5, 0.6) is 5.75 Å². The molecule has 118 valence electrons. The zero-order chi connectivity index (χ0) is 15.1. The molecule has 3 heteroatoms. The maximum atomic E-state index is 5.94. The van der Waals surface area contributed by atoms with Crippen molar-refractivity contribution in [1.82, 2.24) is 5.32 Å². The highest BCUT2D eigenvalue weighted by Gasteiger charge is 2.15. The lowest BCUT2D eigenvalue weighted by Crippen LogP contribution is -2.34. The van der Waals surface area contributed by atoms with Gasteiger partial charge in [-0.1, -0.05) is 26.0 Å². The fraction of sp³-hybridized carbons (Fsp3) is 0.667. The third kappa shape index (κ3) is 5.33. The van der Waals surface area contributed by atoms with Crippen molar-refractivity contribution in [1.29, 1.82) is 0 Å². The minimum atomic E-state index is 0.167. The molecule has 0 aromatic heterocycles. The topological polar surface area (TPSA) is 30.5 Å². The average Bonchev–Trinajstić information content (AvgIpc) is 3.00. The highest BCUT2D eigenvalue weighted by Crippen LogP contribution is 2.22. The highest BCUT2D eigenvalue weighted by molar-refractivity contribution is 5.29. The van der Waals surface area contributed by atoms with E-state index in [1.807, 2.05) is 0 Å². The molecule has 2 rings (SSSR count). The molecule has 1 aromatic carbocycles. The maximum Gasteiger partial charge on any atom is 0.119 e. The molecule has 0 bridgehead atoms. The molecule has 1 fully saturated rings. The van der Waals surface area contributed by atoms with Crippen LogP contribution in [0.15, 0.2) is 24.3 Å². The fourth-order valence-electron chi connectivity index (χ4n) is 2.64. The molecule has 1 aromatic rings. The van der Waals surface area contributed by atoms with Crippen molar-refractivity contribution in [2.24, 2.45) is 0 Å². The summed E-state index contributed by atoms with van der Waals surface area (Å²) in [5.41, 5.74) is 1.38. The summed E-state index contributed by atoms with van der Waals surface area (Å²) in [5, 5.41) is 3.44. The van der Waals surface area contributed by atoms with Crippen molar-refractivity contribution in [3.63, 3.8) is 0 Å². The van der Waals surface area contributed by atoms with E-state index >= 15 is 0 Å². The van der Waals surface area contributed by atoms with Gasteiger partial charge in [-0.25, -0.2) is 0 Å². The number of hydrogen-bond acceptors (Lipinski definition) is 3. The predicted octanol–water partition coefficient (Wildman–Crippen LogP) is 3.74. The Morgan fingerprint density at radius 2 is 2.05 bits per heavy atom. The molecule has 0 saturated carbocycles. The van der Waals surface area contributed by atoms with Crippen molar-refractivity contribution in [3.8, 4) is 5.75 Å².